The summed E-state index contributed by atoms with van der Waals surface area (Å²) in [5, 5.41) is 12.6. The van der Waals surface area contributed by atoms with Crippen LogP contribution in [0.2, 0.25) is 0 Å². The Kier molecular flexibility index (Phi) is 8.09. The molecule has 2 heterocycles. The fourth-order valence-electron chi connectivity index (χ4n) is 3.55. The van der Waals surface area contributed by atoms with Crippen LogP contribution in [0.1, 0.15) is 43.0 Å². The number of hydrogen-bond donors (Lipinski definition) is 1. The average molecular weight is 445 g/mol. The van der Waals surface area contributed by atoms with Gasteiger partial charge in [-0.2, -0.15) is 0 Å². The molecule has 0 bridgehead atoms. The number of rotatable bonds is 8. The van der Waals surface area contributed by atoms with Crippen LogP contribution in [-0.2, 0) is 11.3 Å². The van der Waals surface area contributed by atoms with Gasteiger partial charge in [-0.25, -0.2) is 0 Å². The Labute approximate surface area is 188 Å². The summed E-state index contributed by atoms with van der Waals surface area (Å²) in [5.74, 6) is 1.18. The molecule has 2 aromatic rings. The molecule has 1 fully saturated rings. The van der Waals surface area contributed by atoms with Crippen molar-refractivity contribution in [3.05, 3.63) is 41.7 Å². The Morgan fingerprint density at radius 2 is 1.77 bits per heavy atom. The molecule has 0 aliphatic carbocycles. The molecule has 1 unspecified atom stereocenters. The number of piperazine rings is 1. The van der Waals surface area contributed by atoms with E-state index in [1.807, 2.05) is 48.4 Å². The number of likely N-dealkylation sites (N-methyl/N-ethyl adjacent to an activating group) is 1. The molecule has 1 aliphatic heterocycles. The summed E-state index contributed by atoms with van der Waals surface area (Å²) in [6.07, 6.45) is 0. The van der Waals surface area contributed by atoms with Gasteiger partial charge in [-0.15, -0.1) is 10.2 Å². The van der Waals surface area contributed by atoms with Crippen LogP contribution in [0.25, 0.3) is 0 Å². The SMILES string of the molecule is CCn1c(SCC(=O)N2CCN(C)CC2)nnc1C(NC(=O)c1ccccc1)C(C)C. The number of carbonyl (C=O) groups is 2. The number of amides is 2. The number of benzene rings is 1. The van der Waals surface area contributed by atoms with Crippen molar-refractivity contribution in [3.63, 3.8) is 0 Å². The highest BCUT2D eigenvalue weighted by atomic mass is 32.2. The summed E-state index contributed by atoms with van der Waals surface area (Å²) >= 11 is 1.41. The standard InChI is InChI=1S/C22H32N6O2S/c1-5-28-20(19(16(2)3)23-21(30)17-9-7-6-8-10-17)24-25-22(28)31-15-18(29)27-13-11-26(4)12-14-27/h6-10,16,19H,5,11-15H2,1-4H3,(H,23,30). The highest BCUT2D eigenvalue weighted by Crippen LogP contribution is 2.25. The first-order valence-electron chi connectivity index (χ1n) is 10.8. The van der Waals surface area contributed by atoms with Gasteiger partial charge in [0.15, 0.2) is 11.0 Å². The summed E-state index contributed by atoms with van der Waals surface area (Å²) in [5.41, 5.74) is 0.614. The molecule has 168 valence electrons. The minimum Gasteiger partial charge on any atom is -0.342 e. The maximum atomic E-state index is 12.7. The zero-order valence-corrected chi connectivity index (χ0v) is 19.6. The van der Waals surface area contributed by atoms with E-state index in [-0.39, 0.29) is 23.8 Å². The smallest absolute Gasteiger partial charge is 0.251 e. The van der Waals surface area contributed by atoms with Crippen molar-refractivity contribution in [1.29, 1.82) is 0 Å². The third kappa shape index (κ3) is 5.86. The van der Waals surface area contributed by atoms with Gasteiger partial charge in [-0.1, -0.05) is 43.8 Å². The quantitative estimate of drug-likeness (QED) is 0.629. The highest BCUT2D eigenvalue weighted by molar-refractivity contribution is 7.99. The summed E-state index contributed by atoms with van der Waals surface area (Å²) < 4.78 is 2.00. The largest absolute Gasteiger partial charge is 0.342 e. The van der Waals surface area contributed by atoms with E-state index in [0.29, 0.717) is 23.0 Å². The molecule has 3 rings (SSSR count). The molecule has 1 aromatic carbocycles. The van der Waals surface area contributed by atoms with Crippen LogP contribution in [-0.4, -0.2) is 75.4 Å². The third-order valence-electron chi connectivity index (χ3n) is 5.51. The van der Waals surface area contributed by atoms with Crippen molar-refractivity contribution in [2.75, 3.05) is 39.0 Å². The van der Waals surface area contributed by atoms with Crippen LogP contribution in [0, 0.1) is 5.92 Å². The van der Waals surface area contributed by atoms with Gasteiger partial charge >= 0.3 is 0 Å². The maximum absolute atomic E-state index is 12.7. The number of thioether (sulfide) groups is 1. The molecule has 8 nitrogen and oxygen atoms in total. The second kappa shape index (κ2) is 10.8. The van der Waals surface area contributed by atoms with E-state index in [1.165, 1.54) is 11.8 Å². The minimum absolute atomic E-state index is 0.128. The fourth-order valence-corrected chi connectivity index (χ4v) is 4.46. The van der Waals surface area contributed by atoms with Gasteiger partial charge in [0.2, 0.25) is 5.91 Å². The van der Waals surface area contributed by atoms with E-state index in [4.69, 9.17) is 0 Å². The van der Waals surface area contributed by atoms with Crippen LogP contribution >= 0.6 is 11.8 Å². The first-order valence-corrected chi connectivity index (χ1v) is 11.8. The molecule has 1 aliphatic rings. The normalized spacial score (nSPS) is 15.8. The van der Waals surface area contributed by atoms with Crippen molar-refractivity contribution in [3.8, 4) is 0 Å². The Bertz CT molecular complexity index is 877. The van der Waals surface area contributed by atoms with Crippen molar-refractivity contribution in [2.24, 2.45) is 5.92 Å². The minimum atomic E-state index is -0.275. The zero-order valence-electron chi connectivity index (χ0n) is 18.7. The van der Waals surface area contributed by atoms with E-state index < -0.39 is 0 Å². The van der Waals surface area contributed by atoms with E-state index in [9.17, 15) is 9.59 Å². The molecule has 1 atom stereocenters. The molecule has 0 radical (unpaired) electrons. The average Bonchev–Trinajstić information content (AvgIpc) is 3.19. The lowest BCUT2D eigenvalue weighted by Crippen LogP contribution is -2.47. The molecule has 31 heavy (non-hydrogen) atoms. The zero-order chi connectivity index (χ0) is 22.4. The second-order valence-corrected chi connectivity index (χ2v) is 9.06. The molecule has 9 heteroatoms. The van der Waals surface area contributed by atoms with Gasteiger partial charge in [0.1, 0.15) is 0 Å². The summed E-state index contributed by atoms with van der Waals surface area (Å²) in [6.45, 7) is 10.1. The van der Waals surface area contributed by atoms with Gasteiger partial charge in [-0.3, -0.25) is 9.59 Å². The van der Waals surface area contributed by atoms with Gasteiger partial charge in [0.05, 0.1) is 11.8 Å². The van der Waals surface area contributed by atoms with Crippen LogP contribution < -0.4 is 5.32 Å². The molecule has 0 saturated carbocycles. The first-order chi connectivity index (χ1) is 14.9. The van der Waals surface area contributed by atoms with Gasteiger partial charge in [-0.05, 0) is 32.0 Å². The van der Waals surface area contributed by atoms with Crippen LogP contribution in [0.5, 0.6) is 0 Å². The van der Waals surface area contributed by atoms with Crippen molar-refractivity contribution in [2.45, 2.75) is 38.5 Å². The van der Waals surface area contributed by atoms with Crippen molar-refractivity contribution < 1.29 is 9.59 Å². The van der Waals surface area contributed by atoms with Gasteiger partial charge in [0, 0.05) is 38.3 Å². The first kappa shape index (κ1) is 23.3. The van der Waals surface area contributed by atoms with Crippen molar-refractivity contribution >= 4 is 23.6 Å². The van der Waals surface area contributed by atoms with Crippen LogP contribution in [0.15, 0.2) is 35.5 Å². The molecule has 1 aromatic heterocycles. The molecule has 1 N–H and O–H groups in total. The van der Waals surface area contributed by atoms with E-state index >= 15 is 0 Å². The van der Waals surface area contributed by atoms with E-state index in [0.717, 1.165) is 32.0 Å². The summed E-state index contributed by atoms with van der Waals surface area (Å²) in [4.78, 5) is 29.5. The predicted molar refractivity (Wildman–Crippen MR) is 122 cm³/mol. The fraction of sp³-hybridized carbons (Fsp3) is 0.545. The lowest BCUT2D eigenvalue weighted by atomic mass is 10.0. The molecular formula is C22H32N6O2S. The lowest BCUT2D eigenvalue weighted by Gasteiger charge is -2.32. The second-order valence-electron chi connectivity index (χ2n) is 8.12. The maximum Gasteiger partial charge on any atom is 0.251 e. The number of hydrogen-bond acceptors (Lipinski definition) is 6. The third-order valence-corrected chi connectivity index (χ3v) is 6.46. The molecular weight excluding hydrogens is 412 g/mol. The Morgan fingerprint density at radius 3 is 2.39 bits per heavy atom. The number of carbonyl (C=O) groups excluding carboxylic acids is 2. The van der Waals surface area contributed by atoms with Crippen molar-refractivity contribution in [1.82, 2.24) is 29.9 Å². The van der Waals surface area contributed by atoms with E-state index in [1.54, 1.807) is 12.1 Å². The summed E-state index contributed by atoms with van der Waals surface area (Å²) in [6, 6.07) is 8.89. The van der Waals surface area contributed by atoms with E-state index in [2.05, 4.69) is 27.5 Å². The molecule has 0 spiro atoms. The van der Waals surface area contributed by atoms with Gasteiger partial charge < -0.3 is 19.7 Å². The number of nitrogens with one attached hydrogen (secondary N) is 1. The topological polar surface area (TPSA) is 83.4 Å². The molecule has 2 amide bonds. The monoisotopic (exact) mass is 444 g/mol. The van der Waals surface area contributed by atoms with Gasteiger partial charge in [0.25, 0.3) is 5.91 Å². The number of aromatic nitrogens is 3. The molecule has 1 saturated heterocycles. The predicted octanol–water partition coefficient (Wildman–Crippen LogP) is 2.29. The summed E-state index contributed by atoms with van der Waals surface area (Å²) in [7, 11) is 2.07. The number of nitrogens with zero attached hydrogens (tertiary/aromatic N) is 5. The van der Waals surface area contributed by atoms with Crippen LogP contribution in [0.4, 0.5) is 0 Å². The lowest BCUT2D eigenvalue weighted by molar-refractivity contribution is -0.129. The Balaban J connectivity index is 1.69. The Morgan fingerprint density at radius 1 is 1.10 bits per heavy atom. The van der Waals surface area contributed by atoms with Crippen LogP contribution in [0.3, 0.4) is 0 Å². The Hall–Kier alpha value is -2.39. The highest BCUT2D eigenvalue weighted by Gasteiger charge is 2.27.